The molecule has 3 heteroatoms. The summed E-state index contributed by atoms with van der Waals surface area (Å²) < 4.78 is 8.62. The summed E-state index contributed by atoms with van der Waals surface area (Å²) in [5, 5.41) is 2.13. The van der Waals surface area contributed by atoms with E-state index in [0.29, 0.717) is 11.6 Å². The molecule has 3 nitrogen and oxygen atoms in total. The number of hydrogen-bond acceptors (Lipinski definition) is 1. The topological polar surface area (TPSA) is 21.4 Å². The number of furan rings is 1. The van der Waals surface area contributed by atoms with Crippen molar-refractivity contribution in [3.63, 3.8) is 0 Å². The van der Waals surface area contributed by atoms with E-state index in [1.54, 1.807) is 0 Å². The Morgan fingerprint density at radius 3 is 2.48 bits per heavy atom. The van der Waals surface area contributed by atoms with E-state index in [4.69, 9.17) is 11.0 Å². The van der Waals surface area contributed by atoms with Gasteiger partial charge in [-0.3, -0.25) is 0 Å². The summed E-state index contributed by atoms with van der Waals surface area (Å²) >= 11 is 0. The highest BCUT2D eigenvalue weighted by Gasteiger charge is 2.25. The van der Waals surface area contributed by atoms with Crippen LogP contribution in [0.15, 0.2) is 53.1 Å². The van der Waals surface area contributed by atoms with Gasteiger partial charge in [-0.2, -0.15) is 0 Å². The first-order valence-electron chi connectivity index (χ1n) is 10.5. The first kappa shape index (κ1) is 17.9. The van der Waals surface area contributed by atoms with Crippen LogP contribution in [0.4, 0.5) is 5.69 Å². The minimum absolute atomic E-state index is 0.485. The standard InChI is InChI=1S/C26H25N2O/c1-17-12-13-20-21-15-14-19(18-9-5-4-6-10-18)24(27-2)26(21)29-25(20)23(17)22-11-7-8-16-28(22)3/h7-8,11-16,18H,4-6,9-10H2,1,3H3/q+1. The van der Waals surface area contributed by atoms with Crippen molar-refractivity contribution in [2.24, 2.45) is 7.05 Å². The molecule has 0 aliphatic heterocycles. The van der Waals surface area contributed by atoms with E-state index in [0.717, 1.165) is 33.2 Å². The van der Waals surface area contributed by atoms with E-state index >= 15 is 0 Å². The maximum atomic E-state index is 7.91. The molecular formula is C26H25N2O+. The number of aryl methyl sites for hydroxylation is 2. The Morgan fingerprint density at radius 2 is 1.72 bits per heavy atom. The van der Waals surface area contributed by atoms with Crippen molar-refractivity contribution in [2.45, 2.75) is 44.9 Å². The second-order valence-electron chi connectivity index (χ2n) is 8.26. The Hall–Kier alpha value is -3.12. The van der Waals surface area contributed by atoms with Crippen molar-refractivity contribution in [1.82, 2.24) is 0 Å². The second kappa shape index (κ2) is 7.04. The average Bonchev–Trinajstić information content (AvgIpc) is 3.13. The lowest BCUT2D eigenvalue weighted by Crippen LogP contribution is -2.30. The van der Waals surface area contributed by atoms with Gasteiger partial charge in [0.1, 0.15) is 18.2 Å². The van der Waals surface area contributed by atoms with Crippen LogP contribution < -0.4 is 4.57 Å². The highest BCUT2D eigenvalue weighted by Crippen LogP contribution is 2.45. The summed E-state index contributed by atoms with van der Waals surface area (Å²) in [5.74, 6) is 0.485. The molecule has 0 amide bonds. The third-order valence-corrected chi connectivity index (χ3v) is 6.49. The van der Waals surface area contributed by atoms with Crippen LogP contribution in [0, 0.1) is 13.5 Å². The molecular weight excluding hydrogens is 356 g/mol. The van der Waals surface area contributed by atoms with E-state index in [1.807, 2.05) is 6.07 Å². The fourth-order valence-electron chi connectivity index (χ4n) is 4.96. The fourth-order valence-corrected chi connectivity index (χ4v) is 4.96. The number of benzene rings is 2. The molecule has 1 saturated carbocycles. The molecule has 144 valence electrons. The molecule has 0 atom stereocenters. The molecule has 0 N–H and O–H groups in total. The fraction of sp³-hybridized carbons (Fsp3) is 0.308. The predicted molar refractivity (Wildman–Crippen MR) is 117 cm³/mol. The summed E-state index contributed by atoms with van der Waals surface area (Å²) in [6, 6.07) is 14.9. The molecule has 29 heavy (non-hydrogen) atoms. The van der Waals surface area contributed by atoms with Gasteiger partial charge in [0.05, 0.1) is 12.1 Å². The van der Waals surface area contributed by atoms with Gasteiger partial charge in [-0.05, 0) is 42.9 Å². The maximum Gasteiger partial charge on any atom is 0.232 e. The lowest BCUT2D eigenvalue weighted by molar-refractivity contribution is -0.660. The van der Waals surface area contributed by atoms with Gasteiger partial charge < -0.3 is 4.42 Å². The van der Waals surface area contributed by atoms with Crippen molar-refractivity contribution in [3.8, 4) is 11.3 Å². The Labute approximate surface area is 171 Å². The molecule has 2 heterocycles. The molecule has 2 aromatic carbocycles. The number of nitrogens with zero attached hydrogens (tertiary/aromatic N) is 2. The van der Waals surface area contributed by atoms with E-state index in [-0.39, 0.29) is 0 Å². The molecule has 0 spiro atoms. The Bertz CT molecular complexity index is 1270. The largest absolute Gasteiger partial charge is 0.466 e. The van der Waals surface area contributed by atoms with Crippen molar-refractivity contribution in [3.05, 3.63) is 71.2 Å². The zero-order chi connectivity index (χ0) is 20.0. The number of rotatable bonds is 2. The summed E-state index contributed by atoms with van der Waals surface area (Å²) in [6.45, 7) is 10.0. The van der Waals surface area contributed by atoms with Crippen LogP contribution in [-0.2, 0) is 7.05 Å². The zero-order valence-electron chi connectivity index (χ0n) is 17.0. The van der Waals surface area contributed by atoms with Crippen LogP contribution in [0.5, 0.6) is 0 Å². The SMILES string of the molecule is [C-]#[N+]c1c(C2CCCCC2)ccc2c1oc1c(-c3cccc[n+]3C)c(C)ccc12. The highest BCUT2D eigenvalue weighted by atomic mass is 16.3. The summed E-state index contributed by atoms with van der Waals surface area (Å²) in [7, 11) is 2.06. The van der Waals surface area contributed by atoms with E-state index in [2.05, 4.69) is 66.0 Å². The van der Waals surface area contributed by atoms with Gasteiger partial charge in [0.25, 0.3) is 0 Å². The Morgan fingerprint density at radius 1 is 0.966 bits per heavy atom. The minimum atomic E-state index is 0.485. The van der Waals surface area contributed by atoms with Gasteiger partial charge in [0, 0.05) is 22.9 Å². The van der Waals surface area contributed by atoms with Crippen molar-refractivity contribution >= 4 is 27.6 Å². The molecule has 2 aromatic heterocycles. The van der Waals surface area contributed by atoms with Gasteiger partial charge in [-0.1, -0.05) is 43.5 Å². The lowest BCUT2D eigenvalue weighted by atomic mass is 9.83. The van der Waals surface area contributed by atoms with E-state index in [1.165, 1.54) is 43.2 Å². The molecule has 0 unspecified atom stereocenters. The highest BCUT2D eigenvalue weighted by molar-refractivity contribution is 6.13. The normalized spacial score (nSPS) is 15.1. The van der Waals surface area contributed by atoms with Crippen molar-refractivity contribution < 1.29 is 8.98 Å². The first-order chi connectivity index (χ1) is 14.2. The molecule has 1 aliphatic rings. The predicted octanol–water partition coefficient (Wildman–Crippen LogP) is 6.98. The molecule has 1 fully saturated rings. The monoisotopic (exact) mass is 381 g/mol. The minimum Gasteiger partial charge on any atom is -0.466 e. The second-order valence-corrected chi connectivity index (χ2v) is 8.26. The van der Waals surface area contributed by atoms with Gasteiger partial charge in [-0.15, -0.1) is 0 Å². The maximum absolute atomic E-state index is 7.91. The molecule has 0 bridgehead atoms. The summed E-state index contributed by atoms with van der Waals surface area (Å²) in [5.41, 5.74) is 6.93. The summed E-state index contributed by atoms with van der Waals surface area (Å²) in [4.78, 5) is 3.96. The molecule has 1 aliphatic carbocycles. The van der Waals surface area contributed by atoms with Crippen LogP contribution in [0.25, 0.3) is 38.0 Å². The van der Waals surface area contributed by atoms with E-state index < -0.39 is 0 Å². The first-order valence-corrected chi connectivity index (χ1v) is 10.5. The molecule has 0 saturated heterocycles. The number of fused-ring (bicyclic) bond motifs is 3. The number of pyridine rings is 1. The third kappa shape index (κ3) is 2.83. The van der Waals surface area contributed by atoms with Crippen LogP contribution >= 0.6 is 0 Å². The lowest BCUT2D eigenvalue weighted by Gasteiger charge is -2.23. The van der Waals surface area contributed by atoms with Crippen molar-refractivity contribution in [2.75, 3.05) is 0 Å². The van der Waals surface area contributed by atoms with Crippen molar-refractivity contribution in [1.29, 1.82) is 0 Å². The van der Waals surface area contributed by atoms with E-state index in [9.17, 15) is 0 Å². The number of hydrogen-bond donors (Lipinski definition) is 0. The average molecular weight is 381 g/mol. The van der Waals surface area contributed by atoms with Gasteiger partial charge in [0.15, 0.2) is 6.20 Å². The molecule has 5 rings (SSSR count). The van der Waals surface area contributed by atoms with Crippen LogP contribution in [0.2, 0.25) is 0 Å². The zero-order valence-corrected chi connectivity index (χ0v) is 17.0. The summed E-state index contributed by atoms with van der Waals surface area (Å²) in [6.07, 6.45) is 8.24. The van der Waals surface area contributed by atoms with Gasteiger partial charge in [-0.25, -0.2) is 9.41 Å². The third-order valence-electron chi connectivity index (χ3n) is 6.49. The van der Waals surface area contributed by atoms with Crippen LogP contribution in [0.1, 0.15) is 49.1 Å². The molecule has 4 aromatic rings. The van der Waals surface area contributed by atoms with Gasteiger partial charge in [0.2, 0.25) is 11.4 Å². The molecule has 0 radical (unpaired) electrons. The Balaban J connectivity index is 1.81. The van der Waals surface area contributed by atoms with Crippen LogP contribution in [-0.4, -0.2) is 0 Å². The number of aromatic nitrogens is 1. The quantitative estimate of drug-likeness (QED) is 0.271. The Kier molecular flexibility index (Phi) is 4.36. The smallest absolute Gasteiger partial charge is 0.232 e. The van der Waals surface area contributed by atoms with Gasteiger partial charge >= 0.3 is 0 Å². The van der Waals surface area contributed by atoms with Crippen LogP contribution in [0.3, 0.4) is 0 Å².